The number of carbonyl (C=O) groups is 2. The van der Waals surface area contributed by atoms with Crippen molar-refractivity contribution < 1.29 is 14.3 Å². The number of benzene rings is 1. The number of nitrogens with one attached hydrogen (secondary N) is 1. The molecule has 1 saturated heterocycles. The second kappa shape index (κ2) is 8.37. The summed E-state index contributed by atoms with van der Waals surface area (Å²) in [5, 5.41) is 7.26. The summed E-state index contributed by atoms with van der Waals surface area (Å²) >= 11 is 0. The Morgan fingerprint density at radius 3 is 2.69 bits per heavy atom. The number of nitrogens with zero attached hydrogens (tertiary/aromatic N) is 3. The fourth-order valence-corrected chi connectivity index (χ4v) is 4.82. The summed E-state index contributed by atoms with van der Waals surface area (Å²) in [7, 11) is 1.70. The van der Waals surface area contributed by atoms with Gasteiger partial charge < -0.3 is 15.0 Å². The van der Waals surface area contributed by atoms with Crippen LogP contribution in [0, 0.1) is 11.8 Å². The van der Waals surface area contributed by atoms with Crippen LogP contribution in [0.5, 0.6) is 0 Å². The van der Waals surface area contributed by atoms with E-state index in [2.05, 4.69) is 10.4 Å². The van der Waals surface area contributed by atoms with Crippen molar-refractivity contribution in [1.29, 1.82) is 0 Å². The van der Waals surface area contributed by atoms with Crippen molar-refractivity contribution in [1.82, 2.24) is 20.0 Å². The molecule has 7 heteroatoms. The third kappa shape index (κ3) is 4.34. The lowest BCUT2D eigenvalue weighted by molar-refractivity contribution is -0.121. The Kier molecular flexibility index (Phi) is 5.67. The van der Waals surface area contributed by atoms with Gasteiger partial charge in [-0.05, 0) is 48.4 Å². The highest BCUT2D eigenvalue weighted by molar-refractivity contribution is 5.94. The molecule has 1 aromatic carbocycles. The van der Waals surface area contributed by atoms with Crippen LogP contribution in [0.15, 0.2) is 42.7 Å². The summed E-state index contributed by atoms with van der Waals surface area (Å²) in [6, 6.07) is 9.71. The van der Waals surface area contributed by atoms with E-state index in [1.54, 1.807) is 20.2 Å². The van der Waals surface area contributed by atoms with Gasteiger partial charge in [-0.15, -0.1) is 0 Å². The molecule has 4 rings (SSSR count). The molecule has 1 aliphatic carbocycles. The Labute approximate surface area is 171 Å². The van der Waals surface area contributed by atoms with Crippen molar-refractivity contribution in [2.45, 2.75) is 38.5 Å². The van der Waals surface area contributed by atoms with Crippen LogP contribution in [-0.4, -0.2) is 58.8 Å². The molecule has 2 heterocycles. The van der Waals surface area contributed by atoms with Gasteiger partial charge in [-0.25, -0.2) is 0 Å². The average molecular weight is 396 g/mol. The summed E-state index contributed by atoms with van der Waals surface area (Å²) in [6.07, 6.45) is 5.40. The SMILES string of the molecule is CO[C@@H]1C[C@H]2CN(C(=O)c3cccc(Cn4cccn4)c3)C[C@H]2C[C@H]1NC(C)=O. The molecule has 1 aliphatic heterocycles. The van der Waals surface area contributed by atoms with E-state index in [4.69, 9.17) is 4.74 Å². The summed E-state index contributed by atoms with van der Waals surface area (Å²) in [6.45, 7) is 3.67. The predicted molar refractivity (Wildman–Crippen MR) is 108 cm³/mol. The van der Waals surface area contributed by atoms with Crippen molar-refractivity contribution >= 4 is 11.8 Å². The quantitative estimate of drug-likeness (QED) is 0.838. The van der Waals surface area contributed by atoms with Crippen LogP contribution >= 0.6 is 0 Å². The van der Waals surface area contributed by atoms with Gasteiger partial charge in [0.05, 0.1) is 18.7 Å². The molecule has 1 aromatic heterocycles. The number of likely N-dealkylation sites (tertiary alicyclic amines) is 1. The highest BCUT2D eigenvalue weighted by Crippen LogP contribution is 2.38. The normalized spacial score (nSPS) is 26.2. The smallest absolute Gasteiger partial charge is 0.253 e. The standard InChI is InChI=1S/C22H28N4O3/c1-15(27)24-20-10-18-13-25(14-19(18)11-21(20)29-2)22(28)17-6-3-5-16(9-17)12-26-8-4-7-23-26/h3-9,18-21H,10-14H2,1-2H3,(H,24,27)/t18-,19+,20-,21-/m1/s1. The number of amides is 2. The lowest BCUT2D eigenvalue weighted by atomic mass is 9.77. The molecule has 0 bridgehead atoms. The van der Waals surface area contributed by atoms with Gasteiger partial charge in [0, 0.05) is 45.1 Å². The van der Waals surface area contributed by atoms with E-state index < -0.39 is 0 Å². The zero-order valence-corrected chi connectivity index (χ0v) is 17.0. The molecule has 2 aromatic rings. The minimum Gasteiger partial charge on any atom is -0.379 e. The van der Waals surface area contributed by atoms with Crippen LogP contribution in [-0.2, 0) is 16.1 Å². The number of carbonyl (C=O) groups excluding carboxylic acids is 2. The van der Waals surface area contributed by atoms with Gasteiger partial charge in [0.1, 0.15) is 0 Å². The van der Waals surface area contributed by atoms with Crippen molar-refractivity contribution in [3.63, 3.8) is 0 Å². The van der Waals surface area contributed by atoms with E-state index in [1.807, 2.05) is 46.1 Å². The number of fused-ring (bicyclic) bond motifs is 1. The maximum Gasteiger partial charge on any atom is 0.253 e. The second-order valence-corrected chi connectivity index (χ2v) is 8.19. The monoisotopic (exact) mass is 396 g/mol. The second-order valence-electron chi connectivity index (χ2n) is 8.19. The van der Waals surface area contributed by atoms with E-state index in [1.165, 1.54) is 0 Å². The van der Waals surface area contributed by atoms with Gasteiger partial charge in [0.25, 0.3) is 5.91 Å². The number of hydrogen-bond acceptors (Lipinski definition) is 4. The highest BCUT2D eigenvalue weighted by atomic mass is 16.5. The van der Waals surface area contributed by atoms with E-state index in [0.29, 0.717) is 18.4 Å². The van der Waals surface area contributed by atoms with Gasteiger partial charge in [0.2, 0.25) is 5.91 Å². The van der Waals surface area contributed by atoms with Gasteiger partial charge in [-0.2, -0.15) is 5.10 Å². The average Bonchev–Trinajstić information content (AvgIpc) is 3.35. The Balaban J connectivity index is 1.44. The highest BCUT2D eigenvalue weighted by Gasteiger charge is 2.44. The molecule has 2 amide bonds. The lowest BCUT2D eigenvalue weighted by Gasteiger charge is -2.37. The largest absolute Gasteiger partial charge is 0.379 e. The molecule has 1 N–H and O–H groups in total. The maximum atomic E-state index is 13.2. The first-order valence-electron chi connectivity index (χ1n) is 10.2. The summed E-state index contributed by atoms with van der Waals surface area (Å²) in [4.78, 5) is 26.7. The van der Waals surface area contributed by atoms with Gasteiger partial charge in [-0.3, -0.25) is 14.3 Å². The molecule has 29 heavy (non-hydrogen) atoms. The van der Waals surface area contributed by atoms with E-state index >= 15 is 0 Å². The van der Waals surface area contributed by atoms with Crippen molar-refractivity contribution in [3.8, 4) is 0 Å². The van der Waals surface area contributed by atoms with Gasteiger partial charge >= 0.3 is 0 Å². The Morgan fingerprint density at radius 1 is 1.21 bits per heavy atom. The molecule has 0 unspecified atom stereocenters. The van der Waals surface area contributed by atoms with Crippen molar-refractivity contribution in [3.05, 3.63) is 53.9 Å². The van der Waals surface area contributed by atoms with Crippen LogP contribution in [0.2, 0.25) is 0 Å². The van der Waals surface area contributed by atoms with E-state index in [0.717, 1.165) is 37.1 Å². The fourth-order valence-electron chi connectivity index (χ4n) is 4.82. The first-order chi connectivity index (χ1) is 14.0. The Hall–Kier alpha value is -2.67. The van der Waals surface area contributed by atoms with Crippen LogP contribution in [0.1, 0.15) is 35.7 Å². The van der Waals surface area contributed by atoms with Crippen LogP contribution < -0.4 is 5.32 Å². The Morgan fingerprint density at radius 2 is 2.00 bits per heavy atom. The first-order valence-corrected chi connectivity index (χ1v) is 10.2. The summed E-state index contributed by atoms with van der Waals surface area (Å²) < 4.78 is 7.48. The maximum absolute atomic E-state index is 13.2. The molecular formula is C22H28N4O3. The third-order valence-corrected chi connectivity index (χ3v) is 6.17. The first kappa shape index (κ1) is 19.6. The van der Waals surface area contributed by atoms with E-state index in [9.17, 15) is 9.59 Å². The molecule has 154 valence electrons. The van der Waals surface area contributed by atoms with Crippen LogP contribution in [0.4, 0.5) is 0 Å². The van der Waals surface area contributed by atoms with Gasteiger partial charge in [-0.1, -0.05) is 12.1 Å². The Bertz CT molecular complexity index is 867. The molecule has 0 radical (unpaired) electrons. The molecule has 7 nitrogen and oxygen atoms in total. The molecule has 2 aliphatic rings. The molecular weight excluding hydrogens is 368 g/mol. The minimum atomic E-state index is -0.0320. The number of methoxy groups -OCH3 is 1. The number of aromatic nitrogens is 2. The zero-order chi connectivity index (χ0) is 20.4. The van der Waals surface area contributed by atoms with Crippen LogP contribution in [0.3, 0.4) is 0 Å². The zero-order valence-electron chi connectivity index (χ0n) is 17.0. The van der Waals surface area contributed by atoms with E-state index in [-0.39, 0.29) is 24.0 Å². The molecule has 4 atom stereocenters. The van der Waals surface area contributed by atoms with Gasteiger partial charge in [0.15, 0.2) is 0 Å². The summed E-state index contributed by atoms with van der Waals surface area (Å²) in [5.74, 6) is 0.859. The number of ether oxygens (including phenoxy) is 1. The minimum absolute atomic E-state index is 0.00704. The lowest BCUT2D eigenvalue weighted by Crippen LogP contribution is -2.49. The third-order valence-electron chi connectivity index (χ3n) is 6.17. The van der Waals surface area contributed by atoms with Crippen molar-refractivity contribution in [2.75, 3.05) is 20.2 Å². The predicted octanol–water partition coefficient (Wildman–Crippen LogP) is 1.93. The topological polar surface area (TPSA) is 76.5 Å². The van der Waals surface area contributed by atoms with Crippen LogP contribution in [0.25, 0.3) is 0 Å². The molecule has 2 fully saturated rings. The fraction of sp³-hybridized carbons (Fsp3) is 0.500. The molecule has 1 saturated carbocycles. The number of hydrogen-bond donors (Lipinski definition) is 1. The molecule has 0 spiro atoms. The number of rotatable bonds is 5. The summed E-state index contributed by atoms with van der Waals surface area (Å²) in [5.41, 5.74) is 1.77. The van der Waals surface area contributed by atoms with Crippen molar-refractivity contribution in [2.24, 2.45) is 11.8 Å².